The number of methoxy groups -OCH3 is 1. The topological polar surface area (TPSA) is 75.1 Å². The molecule has 3 N–H and O–H groups in total. The lowest BCUT2D eigenvalue weighted by molar-refractivity contribution is 0.146. The molecule has 148 valence electrons. The van der Waals surface area contributed by atoms with E-state index in [1.165, 1.54) is 0 Å². The van der Waals surface area contributed by atoms with Gasteiger partial charge >= 0.3 is 0 Å². The summed E-state index contributed by atoms with van der Waals surface area (Å²) in [5, 5.41) is 15.9. The fourth-order valence-corrected chi connectivity index (χ4v) is 2.63. The molecular formula is C20H35N3O3. The predicted molar refractivity (Wildman–Crippen MR) is 107 cm³/mol. The van der Waals surface area contributed by atoms with E-state index in [4.69, 9.17) is 9.47 Å². The van der Waals surface area contributed by atoms with Crippen LogP contribution in [0.2, 0.25) is 0 Å². The van der Waals surface area contributed by atoms with Crippen LogP contribution in [0.1, 0.15) is 38.7 Å². The molecule has 0 aliphatic carbocycles. The number of guanidine groups is 1. The minimum atomic E-state index is 0.235. The zero-order chi connectivity index (χ0) is 19.0. The molecule has 26 heavy (non-hydrogen) atoms. The van der Waals surface area contributed by atoms with Gasteiger partial charge in [-0.2, -0.15) is 0 Å². The lowest BCUT2D eigenvalue weighted by atomic mass is 10.0. The van der Waals surface area contributed by atoms with Gasteiger partial charge in [-0.05, 0) is 43.4 Å². The van der Waals surface area contributed by atoms with E-state index in [0.717, 1.165) is 49.6 Å². The Bertz CT molecular complexity index is 486. The largest absolute Gasteiger partial charge is 0.491 e. The Hall–Kier alpha value is -1.79. The number of aliphatic hydroxyl groups excluding tert-OH is 1. The first-order chi connectivity index (χ1) is 12.7. The first-order valence-corrected chi connectivity index (χ1v) is 9.57. The summed E-state index contributed by atoms with van der Waals surface area (Å²) in [7, 11) is 1.66. The number of nitrogens with one attached hydrogen (secondary N) is 2. The van der Waals surface area contributed by atoms with Crippen molar-refractivity contribution < 1.29 is 14.6 Å². The molecule has 0 amide bonds. The number of aliphatic imine (C=N–C) groups is 1. The van der Waals surface area contributed by atoms with Crippen LogP contribution in [0.25, 0.3) is 0 Å². The van der Waals surface area contributed by atoms with Crippen molar-refractivity contribution in [3.8, 4) is 5.75 Å². The molecule has 1 rings (SSSR count). The van der Waals surface area contributed by atoms with E-state index >= 15 is 0 Å². The summed E-state index contributed by atoms with van der Waals surface area (Å²) >= 11 is 0. The number of hydrogen-bond acceptors (Lipinski definition) is 4. The summed E-state index contributed by atoms with van der Waals surface area (Å²) < 4.78 is 10.5. The molecule has 6 nitrogen and oxygen atoms in total. The molecular weight excluding hydrogens is 330 g/mol. The van der Waals surface area contributed by atoms with Crippen LogP contribution in [0.15, 0.2) is 29.3 Å². The van der Waals surface area contributed by atoms with Crippen LogP contribution in [0.4, 0.5) is 0 Å². The Morgan fingerprint density at radius 1 is 1.12 bits per heavy atom. The average molecular weight is 366 g/mol. The Balaban J connectivity index is 2.53. The molecule has 0 aromatic heterocycles. The number of hydrogen-bond donors (Lipinski definition) is 3. The molecule has 0 bridgehead atoms. The van der Waals surface area contributed by atoms with Crippen molar-refractivity contribution in [2.75, 3.05) is 40.0 Å². The molecule has 1 aromatic rings. The number of rotatable bonds is 13. The number of nitrogens with zero attached hydrogens (tertiary/aromatic N) is 1. The fraction of sp³-hybridized carbons (Fsp3) is 0.650. The maximum Gasteiger partial charge on any atom is 0.191 e. The molecule has 1 unspecified atom stereocenters. The highest BCUT2D eigenvalue weighted by molar-refractivity contribution is 5.79. The van der Waals surface area contributed by atoms with E-state index in [9.17, 15) is 5.11 Å². The molecule has 1 aromatic carbocycles. The van der Waals surface area contributed by atoms with Crippen molar-refractivity contribution in [2.24, 2.45) is 10.9 Å². The van der Waals surface area contributed by atoms with Gasteiger partial charge in [-0.15, -0.1) is 0 Å². The van der Waals surface area contributed by atoms with E-state index < -0.39 is 0 Å². The molecule has 0 saturated carbocycles. The van der Waals surface area contributed by atoms with Crippen molar-refractivity contribution >= 4 is 5.96 Å². The zero-order valence-electron chi connectivity index (χ0n) is 16.5. The maximum atomic E-state index is 9.18. The van der Waals surface area contributed by atoms with E-state index in [-0.39, 0.29) is 6.61 Å². The molecule has 6 heteroatoms. The molecule has 0 saturated heterocycles. The molecule has 1 atom stereocenters. The Morgan fingerprint density at radius 3 is 2.50 bits per heavy atom. The molecule has 0 radical (unpaired) electrons. The molecule has 0 heterocycles. The van der Waals surface area contributed by atoms with Crippen LogP contribution in [-0.4, -0.2) is 51.1 Å². The molecule has 0 fully saturated rings. The van der Waals surface area contributed by atoms with Crippen LogP contribution in [-0.2, 0) is 11.3 Å². The molecule has 0 spiro atoms. The normalized spacial score (nSPS) is 12.7. The van der Waals surface area contributed by atoms with E-state index in [1.807, 2.05) is 24.3 Å². The van der Waals surface area contributed by atoms with Gasteiger partial charge in [-0.25, -0.2) is 4.99 Å². The third-order valence-corrected chi connectivity index (χ3v) is 4.04. The van der Waals surface area contributed by atoms with Gasteiger partial charge < -0.3 is 25.2 Å². The van der Waals surface area contributed by atoms with Crippen LogP contribution in [0.3, 0.4) is 0 Å². The van der Waals surface area contributed by atoms with Gasteiger partial charge in [0.05, 0.1) is 13.2 Å². The third-order valence-electron chi connectivity index (χ3n) is 4.04. The van der Waals surface area contributed by atoms with Crippen LogP contribution < -0.4 is 15.4 Å². The van der Waals surface area contributed by atoms with Crippen LogP contribution in [0, 0.1) is 5.92 Å². The van der Waals surface area contributed by atoms with Gasteiger partial charge in [0.2, 0.25) is 0 Å². The van der Waals surface area contributed by atoms with Gasteiger partial charge in [-0.1, -0.05) is 25.5 Å². The van der Waals surface area contributed by atoms with Gasteiger partial charge in [0.1, 0.15) is 12.4 Å². The van der Waals surface area contributed by atoms with Crippen molar-refractivity contribution in [3.63, 3.8) is 0 Å². The SMILES string of the molecule is CCCC(CCO)CNC(=NCc1ccc(OCCOC)cc1)NCC. The smallest absolute Gasteiger partial charge is 0.191 e. The summed E-state index contributed by atoms with van der Waals surface area (Å²) in [6, 6.07) is 7.97. The monoisotopic (exact) mass is 365 g/mol. The van der Waals surface area contributed by atoms with Gasteiger partial charge in [0.15, 0.2) is 5.96 Å². The van der Waals surface area contributed by atoms with E-state index in [1.54, 1.807) is 7.11 Å². The lowest BCUT2D eigenvalue weighted by Crippen LogP contribution is -2.40. The highest BCUT2D eigenvalue weighted by atomic mass is 16.5. The van der Waals surface area contributed by atoms with E-state index in [2.05, 4.69) is 29.5 Å². The lowest BCUT2D eigenvalue weighted by Gasteiger charge is -2.18. The second kappa shape index (κ2) is 14.4. The zero-order valence-corrected chi connectivity index (χ0v) is 16.5. The Kier molecular flexibility index (Phi) is 12.3. The van der Waals surface area contributed by atoms with Crippen molar-refractivity contribution in [1.82, 2.24) is 10.6 Å². The summed E-state index contributed by atoms with van der Waals surface area (Å²) in [6.07, 6.45) is 3.06. The predicted octanol–water partition coefficient (Wildman–Crippen LogP) is 2.57. The molecule has 0 aliphatic heterocycles. The minimum Gasteiger partial charge on any atom is -0.491 e. The summed E-state index contributed by atoms with van der Waals surface area (Å²) in [6.45, 7) is 7.84. The van der Waals surface area contributed by atoms with Gasteiger partial charge in [0.25, 0.3) is 0 Å². The first-order valence-electron chi connectivity index (χ1n) is 9.57. The molecule has 0 aliphatic rings. The second-order valence-electron chi connectivity index (χ2n) is 6.23. The van der Waals surface area contributed by atoms with Crippen molar-refractivity contribution in [3.05, 3.63) is 29.8 Å². The third kappa shape index (κ3) is 9.63. The fourth-order valence-electron chi connectivity index (χ4n) is 2.63. The summed E-state index contributed by atoms with van der Waals surface area (Å²) in [5.41, 5.74) is 1.13. The standard InChI is InChI=1S/C20H35N3O3/c1-4-6-17(11-12-24)15-22-20(21-5-2)23-16-18-7-9-19(10-8-18)26-14-13-25-3/h7-10,17,24H,4-6,11-16H2,1-3H3,(H2,21,22,23). The van der Waals surface area contributed by atoms with Crippen molar-refractivity contribution in [1.29, 1.82) is 0 Å². The number of benzene rings is 1. The number of aliphatic hydroxyl groups is 1. The van der Waals surface area contributed by atoms with Crippen LogP contribution in [0.5, 0.6) is 5.75 Å². The minimum absolute atomic E-state index is 0.235. The maximum absolute atomic E-state index is 9.18. The first kappa shape index (κ1) is 22.3. The highest BCUT2D eigenvalue weighted by Crippen LogP contribution is 2.13. The number of ether oxygens (including phenoxy) is 2. The van der Waals surface area contributed by atoms with Crippen molar-refractivity contribution in [2.45, 2.75) is 39.7 Å². The highest BCUT2D eigenvalue weighted by Gasteiger charge is 2.08. The van der Waals surface area contributed by atoms with Gasteiger partial charge in [-0.3, -0.25) is 0 Å². The quantitative estimate of drug-likeness (QED) is 0.285. The Labute approximate surface area is 158 Å². The summed E-state index contributed by atoms with van der Waals surface area (Å²) in [5.74, 6) is 2.12. The second-order valence-corrected chi connectivity index (χ2v) is 6.23. The van der Waals surface area contributed by atoms with E-state index in [0.29, 0.717) is 25.7 Å². The summed E-state index contributed by atoms with van der Waals surface area (Å²) in [4.78, 5) is 4.65. The van der Waals surface area contributed by atoms with Gasteiger partial charge in [0, 0.05) is 26.8 Å². The Morgan fingerprint density at radius 2 is 1.88 bits per heavy atom. The average Bonchev–Trinajstić information content (AvgIpc) is 2.65. The van der Waals surface area contributed by atoms with Crippen LogP contribution >= 0.6 is 0 Å².